The predicted octanol–water partition coefficient (Wildman–Crippen LogP) is 20.2. The highest BCUT2D eigenvalue weighted by molar-refractivity contribution is 5.71. The van der Waals surface area contributed by atoms with Crippen LogP contribution in [0.5, 0.6) is 0 Å². The maximum Gasteiger partial charge on any atom is 0.306 e. The maximum absolute atomic E-state index is 12.8. The Morgan fingerprint density at radius 1 is 0.288 bits per heavy atom. The topological polar surface area (TPSA) is 78.9 Å². The number of ether oxygens (including phenoxy) is 3. The zero-order valence-electron chi connectivity index (χ0n) is 47.1. The van der Waals surface area contributed by atoms with Crippen LogP contribution in [-0.4, -0.2) is 37.2 Å². The lowest BCUT2D eigenvalue weighted by Crippen LogP contribution is -2.30. The first-order chi connectivity index (χ1) is 36.0. The third-order valence-corrected chi connectivity index (χ3v) is 12.2. The number of hydrogen-bond donors (Lipinski definition) is 0. The van der Waals surface area contributed by atoms with E-state index in [4.69, 9.17) is 14.2 Å². The van der Waals surface area contributed by atoms with Gasteiger partial charge in [0.2, 0.25) is 0 Å². The van der Waals surface area contributed by atoms with Gasteiger partial charge in [-0.15, -0.1) is 0 Å². The average Bonchev–Trinajstić information content (AvgIpc) is 3.39. The number of hydrogen-bond acceptors (Lipinski definition) is 6. The minimum Gasteiger partial charge on any atom is -0.462 e. The van der Waals surface area contributed by atoms with Gasteiger partial charge in [-0.3, -0.25) is 14.4 Å². The summed E-state index contributed by atoms with van der Waals surface area (Å²) in [6, 6.07) is 0. The molecule has 412 valence electrons. The molecule has 0 amide bonds. The van der Waals surface area contributed by atoms with Gasteiger partial charge in [0, 0.05) is 19.3 Å². The molecule has 0 spiro atoms. The molecule has 0 saturated heterocycles. The van der Waals surface area contributed by atoms with Crippen LogP contribution in [0.25, 0.3) is 0 Å². The Morgan fingerprint density at radius 2 is 0.534 bits per heavy atom. The molecule has 0 aliphatic heterocycles. The summed E-state index contributed by atoms with van der Waals surface area (Å²) in [6.07, 6.45) is 84.6. The summed E-state index contributed by atoms with van der Waals surface area (Å²) in [4.78, 5) is 38.0. The van der Waals surface area contributed by atoms with Gasteiger partial charge in [0.1, 0.15) is 13.2 Å². The van der Waals surface area contributed by atoms with Gasteiger partial charge >= 0.3 is 17.9 Å². The first-order valence-corrected chi connectivity index (χ1v) is 29.7. The summed E-state index contributed by atoms with van der Waals surface area (Å²) in [5.74, 6) is -0.929. The quantitative estimate of drug-likeness (QED) is 0.0261. The standard InChI is InChI=1S/C67H108O6/c1-4-7-10-13-16-18-20-22-24-26-28-30-31-32-33-34-35-37-38-40-42-44-46-48-51-54-57-60-66(69)72-63-64(62-71-65(68)59-56-53-50-15-12-9-6-3)73-67(70)61-58-55-52-49-47-45-43-41-39-36-29-27-25-23-21-19-17-14-11-8-5-2/h7-8,10-11,16-19,22-25,28-30,32-33,35-37,40,42,64H,4-6,9,12-15,20-21,26-27,31,34,38-39,41,43-63H2,1-3H3/b10-7-,11-8-,18-16-,19-17-,24-22-,25-23-,30-28-,33-32-,36-29-,37-35-,42-40-. The van der Waals surface area contributed by atoms with Crippen molar-refractivity contribution in [2.45, 2.75) is 258 Å². The van der Waals surface area contributed by atoms with E-state index < -0.39 is 6.10 Å². The first kappa shape index (κ1) is 68.6. The fourth-order valence-electron chi connectivity index (χ4n) is 7.77. The van der Waals surface area contributed by atoms with E-state index in [1.807, 2.05) is 0 Å². The molecule has 6 heteroatoms. The molecule has 73 heavy (non-hydrogen) atoms. The van der Waals surface area contributed by atoms with Crippen LogP contribution in [-0.2, 0) is 28.6 Å². The van der Waals surface area contributed by atoms with Crippen LogP contribution in [0.2, 0.25) is 0 Å². The highest BCUT2D eigenvalue weighted by atomic mass is 16.6. The lowest BCUT2D eigenvalue weighted by molar-refractivity contribution is -0.167. The average molecular weight is 1010 g/mol. The van der Waals surface area contributed by atoms with Crippen molar-refractivity contribution in [2.75, 3.05) is 13.2 Å². The van der Waals surface area contributed by atoms with Crippen LogP contribution < -0.4 is 0 Å². The lowest BCUT2D eigenvalue weighted by Gasteiger charge is -2.18. The molecule has 0 aromatic carbocycles. The van der Waals surface area contributed by atoms with E-state index in [0.717, 1.165) is 154 Å². The predicted molar refractivity (Wildman–Crippen MR) is 316 cm³/mol. The molecular weight excluding hydrogens is 901 g/mol. The van der Waals surface area contributed by atoms with E-state index in [9.17, 15) is 14.4 Å². The van der Waals surface area contributed by atoms with Gasteiger partial charge in [-0.2, -0.15) is 0 Å². The summed E-state index contributed by atoms with van der Waals surface area (Å²) in [5, 5.41) is 0. The van der Waals surface area contributed by atoms with Crippen molar-refractivity contribution in [2.24, 2.45) is 0 Å². The van der Waals surface area contributed by atoms with Crippen molar-refractivity contribution in [3.05, 3.63) is 134 Å². The van der Waals surface area contributed by atoms with E-state index in [0.29, 0.717) is 19.3 Å². The van der Waals surface area contributed by atoms with Crippen LogP contribution in [0.3, 0.4) is 0 Å². The molecule has 1 unspecified atom stereocenters. The van der Waals surface area contributed by atoms with E-state index in [1.54, 1.807) is 0 Å². The summed E-state index contributed by atoms with van der Waals surface area (Å²) < 4.78 is 16.8. The second-order valence-electron chi connectivity index (χ2n) is 19.1. The molecule has 1 atom stereocenters. The second-order valence-corrected chi connectivity index (χ2v) is 19.1. The smallest absolute Gasteiger partial charge is 0.306 e. The number of esters is 3. The van der Waals surface area contributed by atoms with Gasteiger partial charge in [0.05, 0.1) is 0 Å². The molecule has 0 aromatic heterocycles. The fraction of sp³-hybridized carbons (Fsp3) is 0.627. The summed E-state index contributed by atoms with van der Waals surface area (Å²) in [5.41, 5.74) is 0. The molecule has 0 bridgehead atoms. The van der Waals surface area contributed by atoms with Crippen LogP contribution in [0.1, 0.15) is 252 Å². The molecular formula is C67H108O6. The Bertz CT molecular complexity index is 1580. The SMILES string of the molecule is CC/C=C\C/C=C\C/C=C\C/C=C\C/C=C\C/C=C\C/C=C\CCCCCCCC(=O)OCC(COC(=O)CCCCCCCCC)OC(=O)CCCCCCCCCC/C=C\C/C=C\C/C=C\C/C=C\CC. The van der Waals surface area contributed by atoms with Crippen molar-refractivity contribution in [3.63, 3.8) is 0 Å². The van der Waals surface area contributed by atoms with Crippen LogP contribution in [0.15, 0.2) is 134 Å². The van der Waals surface area contributed by atoms with E-state index >= 15 is 0 Å². The molecule has 0 saturated carbocycles. The highest BCUT2D eigenvalue weighted by Crippen LogP contribution is 2.14. The Morgan fingerprint density at radius 3 is 0.836 bits per heavy atom. The third kappa shape index (κ3) is 58.3. The van der Waals surface area contributed by atoms with Gasteiger partial charge in [-0.1, -0.05) is 251 Å². The zero-order chi connectivity index (χ0) is 52.9. The van der Waals surface area contributed by atoms with Gasteiger partial charge in [-0.05, 0) is 116 Å². The number of carbonyl (C=O) groups is 3. The number of rotatable bonds is 52. The lowest BCUT2D eigenvalue weighted by atomic mass is 10.1. The van der Waals surface area contributed by atoms with E-state index in [2.05, 4.69) is 154 Å². The first-order valence-electron chi connectivity index (χ1n) is 29.7. The molecule has 6 nitrogen and oxygen atoms in total. The number of allylic oxidation sites excluding steroid dienone is 22. The van der Waals surface area contributed by atoms with Gasteiger partial charge in [-0.25, -0.2) is 0 Å². The zero-order valence-corrected chi connectivity index (χ0v) is 47.1. The monoisotopic (exact) mass is 1010 g/mol. The molecule has 0 aliphatic rings. The molecule has 0 aromatic rings. The Kier molecular flexibility index (Phi) is 56.4. The molecule has 0 rings (SSSR count). The summed E-state index contributed by atoms with van der Waals surface area (Å²) >= 11 is 0. The molecule has 0 radical (unpaired) electrons. The third-order valence-electron chi connectivity index (χ3n) is 12.2. The number of carbonyl (C=O) groups excluding carboxylic acids is 3. The minimum atomic E-state index is -0.793. The molecule has 0 fully saturated rings. The van der Waals surface area contributed by atoms with Crippen molar-refractivity contribution < 1.29 is 28.6 Å². The van der Waals surface area contributed by atoms with Gasteiger partial charge < -0.3 is 14.2 Å². The Hall–Kier alpha value is -4.45. The maximum atomic E-state index is 12.8. The highest BCUT2D eigenvalue weighted by Gasteiger charge is 2.19. The number of unbranched alkanes of at least 4 members (excludes halogenated alkanes) is 19. The van der Waals surface area contributed by atoms with E-state index in [-0.39, 0.29) is 31.1 Å². The second kappa shape index (κ2) is 60.1. The molecule has 0 N–H and O–H groups in total. The minimum absolute atomic E-state index is 0.0908. The van der Waals surface area contributed by atoms with Crippen molar-refractivity contribution in [1.82, 2.24) is 0 Å². The van der Waals surface area contributed by atoms with Crippen molar-refractivity contribution >= 4 is 17.9 Å². The van der Waals surface area contributed by atoms with Gasteiger partial charge in [0.25, 0.3) is 0 Å². The Balaban J connectivity index is 4.27. The largest absolute Gasteiger partial charge is 0.462 e. The van der Waals surface area contributed by atoms with Crippen LogP contribution in [0, 0.1) is 0 Å². The van der Waals surface area contributed by atoms with Crippen molar-refractivity contribution in [3.8, 4) is 0 Å². The van der Waals surface area contributed by atoms with Crippen molar-refractivity contribution in [1.29, 1.82) is 0 Å². The Labute approximate surface area is 449 Å². The van der Waals surface area contributed by atoms with E-state index in [1.165, 1.54) is 57.8 Å². The summed E-state index contributed by atoms with van der Waals surface area (Å²) in [6.45, 7) is 6.34. The normalized spacial score (nSPS) is 13.1. The fourth-order valence-corrected chi connectivity index (χ4v) is 7.77. The van der Waals surface area contributed by atoms with Gasteiger partial charge in [0.15, 0.2) is 6.10 Å². The summed E-state index contributed by atoms with van der Waals surface area (Å²) in [7, 11) is 0. The van der Waals surface area contributed by atoms with Crippen LogP contribution in [0.4, 0.5) is 0 Å². The van der Waals surface area contributed by atoms with Crippen LogP contribution >= 0.6 is 0 Å². The molecule has 0 heterocycles. The molecule has 0 aliphatic carbocycles.